The fourth-order valence-electron chi connectivity index (χ4n) is 2.80. The molecule has 6 heteroatoms. The van der Waals surface area contributed by atoms with Gasteiger partial charge in [-0.05, 0) is 45.0 Å². The van der Waals surface area contributed by atoms with Crippen molar-refractivity contribution in [3.8, 4) is 0 Å². The Hall–Kier alpha value is -2.24. The lowest BCUT2D eigenvalue weighted by atomic mass is 10.1. The van der Waals surface area contributed by atoms with E-state index in [-0.39, 0.29) is 6.09 Å². The number of nitrogens with zero attached hydrogens (tertiary/aromatic N) is 3. The number of rotatable bonds is 2. The number of carbonyl (C=O) groups excluding carboxylic acids is 1. The smallest absolute Gasteiger partial charge is 0.410 e. The second-order valence-electron chi connectivity index (χ2n) is 7.04. The van der Waals surface area contributed by atoms with Gasteiger partial charge in [0.2, 0.25) is 5.90 Å². The van der Waals surface area contributed by atoms with Crippen LogP contribution in [0.5, 0.6) is 0 Å². The molecule has 0 radical (unpaired) electrons. The van der Waals surface area contributed by atoms with Crippen molar-refractivity contribution in [3.05, 3.63) is 29.8 Å². The molecule has 0 saturated carbocycles. The number of piperazine rings is 1. The van der Waals surface area contributed by atoms with Gasteiger partial charge in [0.15, 0.2) is 0 Å². The third kappa shape index (κ3) is 3.99. The molecule has 1 amide bonds. The van der Waals surface area contributed by atoms with Crippen LogP contribution < -0.4 is 4.90 Å². The highest BCUT2D eigenvalue weighted by molar-refractivity contribution is 5.95. The van der Waals surface area contributed by atoms with Crippen molar-refractivity contribution in [3.63, 3.8) is 0 Å². The minimum atomic E-state index is -0.449. The van der Waals surface area contributed by atoms with Crippen LogP contribution in [0.15, 0.2) is 29.3 Å². The Morgan fingerprint density at radius 3 is 2.33 bits per heavy atom. The summed E-state index contributed by atoms with van der Waals surface area (Å²) in [5.41, 5.74) is 1.72. The first-order valence-corrected chi connectivity index (χ1v) is 8.43. The van der Waals surface area contributed by atoms with Crippen LogP contribution >= 0.6 is 0 Å². The maximum Gasteiger partial charge on any atom is 0.410 e. The number of carbonyl (C=O) groups is 1. The van der Waals surface area contributed by atoms with Gasteiger partial charge in [-0.3, -0.25) is 0 Å². The molecular weight excluding hydrogens is 306 g/mol. The van der Waals surface area contributed by atoms with Crippen LogP contribution in [0, 0.1) is 0 Å². The van der Waals surface area contributed by atoms with Crippen LogP contribution in [0.25, 0.3) is 0 Å². The number of anilines is 1. The van der Waals surface area contributed by atoms with Crippen LogP contribution in [0.4, 0.5) is 10.5 Å². The zero-order valence-electron chi connectivity index (χ0n) is 14.6. The predicted octanol–water partition coefficient (Wildman–Crippen LogP) is 2.52. The summed E-state index contributed by atoms with van der Waals surface area (Å²) in [6, 6.07) is 8.25. The largest absolute Gasteiger partial charge is 0.476 e. The van der Waals surface area contributed by atoms with Gasteiger partial charge in [-0.25, -0.2) is 9.79 Å². The van der Waals surface area contributed by atoms with Crippen molar-refractivity contribution in [1.29, 1.82) is 0 Å². The molecule has 2 aliphatic heterocycles. The molecule has 0 bridgehead atoms. The van der Waals surface area contributed by atoms with E-state index in [2.05, 4.69) is 22.0 Å². The summed E-state index contributed by atoms with van der Waals surface area (Å²) in [4.78, 5) is 20.5. The normalized spacial score (nSPS) is 18.2. The summed E-state index contributed by atoms with van der Waals surface area (Å²) in [6.07, 6.45) is -0.228. The van der Waals surface area contributed by atoms with Gasteiger partial charge in [0.05, 0.1) is 6.54 Å². The zero-order chi connectivity index (χ0) is 17.2. The van der Waals surface area contributed by atoms with E-state index in [1.54, 1.807) is 4.90 Å². The fourth-order valence-corrected chi connectivity index (χ4v) is 2.80. The third-order valence-electron chi connectivity index (χ3n) is 4.00. The fraction of sp³-hybridized carbons (Fsp3) is 0.556. The quantitative estimate of drug-likeness (QED) is 0.836. The first-order valence-electron chi connectivity index (χ1n) is 8.43. The number of hydrogen-bond acceptors (Lipinski definition) is 5. The van der Waals surface area contributed by atoms with Crippen molar-refractivity contribution in [2.24, 2.45) is 4.99 Å². The second kappa shape index (κ2) is 6.71. The molecule has 2 aliphatic rings. The SMILES string of the molecule is CC(C)(C)OC(=O)N1CCN(c2ccc(C3=NCCO3)cc2)CC1. The summed E-state index contributed by atoms with van der Waals surface area (Å²) in [7, 11) is 0. The maximum absolute atomic E-state index is 12.1. The summed E-state index contributed by atoms with van der Waals surface area (Å²) >= 11 is 0. The minimum absolute atomic E-state index is 0.228. The first-order chi connectivity index (χ1) is 11.4. The average Bonchev–Trinajstić information content (AvgIpc) is 3.08. The average molecular weight is 331 g/mol. The molecule has 0 unspecified atom stereocenters. The summed E-state index contributed by atoms with van der Waals surface area (Å²) in [6.45, 7) is 10.0. The highest BCUT2D eigenvalue weighted by atomic mass is 16.6. The molecule has 0 atom stereocenters. The number of benzene rings is 1. The van der Waals surface area contributed by atoms with E-state index in [1.807, 2.05) is 32.9 Å². The number of amides is 1. The number of hydrogen-bond donors (Lipinski definition) is 0. The summed E-state index contributed by atoms with van der Waals surface area (Å²) in [5.74, 6) is 0.733. The molecule has 1 saturated heterocycles. The molecule has 2 heterocycles. The Bertz CT molecular complexity index is 611. The standard InChI is InChI=1S/C18H25N3O3/c1-18(2,3)24-17(22)21-11-9-20(10-12-21)15-6-4-14(5-7-15)16-19-8-13-23-16/h4-7H,8-13H2,1-3H3. The Labute approximate surface area is 143 Å². The van der Waals surface area contributed by atoms with Crippen LogP contribution in [0.3, 0.4) is 0 Å². The molecule has 1 aromatic rings. The van der Waals surface area contributed by atoms with E-state index in [0.717, 1.165) is 36.8 Å². The molecule has 0 N–H and O–H groups in total. The van der Waals surface area contributed by atoms with Crippen LogP contribution in [0.1, 0.15) is 26.3 Å². The monoisotopic (exact) mass is 331 g/mol. The van der Waals surface area contributed by atoms with Crippen molar-refractivity contribution >= 4 is 17.7 Å². The van der Waals surface area contributed by atoms with E-state index in [1.165, 1.54) is 0 Å². The van der Waals surface area contributed by atoms with Gasteiger partial charge >= 0.3 is 6.09 Å². The van der Waals surface area contributed by atoms with E-state index < -0.39 is 5.60 Å². The third-order valence-corrected chi connectivity index (χ3v) is 4.00. The maximum atomic E-state index is 12.1. The molecule has 0 spiro atoms. The second-order valence-corrected chi connectivity index (χ2v) is 7.04. The lowest BCUT2D eigenvalue weighted by Crippen LogP contribution is -2.50. The topological polar surface area (TPSA) is 54.4 Å². The molecule has 1 aromatic carbocycles. The van der Waals surface area contributed by atoms with Crippen molar-refractivity contribution in [1.82, 2.24) is 4.90 Å². The molecule has 0 aliphatic carbocycles. The molecular formula is C18H25N3O3. The molecule has 3 rings (SSSR count). The van der Waals surface area contributed by atoms with E-state index in [4.69, 9.17) is 9.47 Å². The molecule has 24 heavy (non-hydrogen) atoms. The van der Waals surface area contributed by atoms with Gasteiger partial charge < -0.3 is 19.3 Å². The van der Waals surface area contributed by atoms with E-state index in [9.17, 15) is 4.79 Å². The van der Waals surface area contributed by atoms with Gasteiger partial charge in [0.25, 0.3) is 0 Å². The Kier molecular flexibility index (Phi) is 4.64. The van der Waals surface area contributed by atoms with Gasteiger partial charge in [-0.2, -0.15) is 0 Å². The Balaban J connectivity index is 1.55. The highest BCUT2D eigenvalue weighted by Crippen LogP contribution is 2.20. The highest BCUT2D eigenvalue weighted by Gasteiger charge is 2.26. The first kappa shape index (κ1) is 16.6. The lowest BCUT2D eigenvalue weighted by Gasteiger charge is -2.36. The zero-order valence-corrected chi connectivity index (χ0v) is 14.6. The van der Waals surface area contributed by atoms with Crippen LogP contribution in [-0.4, -0.2) is 61.8 Å². The van der Waals surface area contributed by atoms with Gasteiger partial charge in [0, 0.05) is 37.4 Å². The van der Waals surface area contributed by atoms with Crippen molar-refractivity contribution in [2.75, 3.05) is 44.2 Å². The summed E-state index contributed by atoms with van der Waals surface area (Å²) in [5, 5.41) is 0. The Morgan fingerprint density at radius 2 is 1.79 bits per heavy atom. The van der Waals surface area contributed by atoms with Crippen molar-refractivity contribution in [2.45, 2.75) is 26.4 Å². The van der Waals surface area contributed by atoms with Crippen LogP contribution in [0.2, 0.25) is 0 Å². The van der Waals surface area contributed by atoms with Crippen LogP contribution in [-0.2, 0) is 9.47 Å². The number of ether oxygens (including phenoxy) is 2. The minimum Gasteiger partial charge on any atom is -0.476 e. The molecule has 6 nitrogen and oxygen atoms in total. The Morgan fingerprint density at radius 1 is 1.12 bits per heavy atom. The van der Waals surface area contributed by atoms with Gasteiger partial charge in [0.1, 0.15) is 12.2 Å². The number of aliphatic imine (C=N–C) groups is 1. The predicted molar refractivity (Wildman–Crippen MR) is 93.8 cm³/mol. The van der Waals surface area contributed by atoms with E-state index in [0.29, 0.717) is 19.7 Å². The summed E-state index contributed by atoms with van der Waals surface area (Å²) < 4.78 is 10.9. The molecule has 1 fully saturated rings. The van der Waals surface area contributed by atoms with Gasteiger partial charge in [-0.15, -0.1) is 0 Å². The van der Waals surface area contributed by atoms with Gasteiger partial charge in [-0.1, -0.05) is 0 Å². The molecule has 0 aromatic heterocycles. The van der Waals surface area contributed by atoms with Crippen molar-refractivity contribution < 1.29 is 14.3 Å². The molecule has 130 valence electrons. The van der Waals surface area contributed by atoms with E-state index >= 15 is 0 Å². The lowest BCUT2D eigenvalue weighted by molar-refractivity contribution is 0.0240.